The number of esters is 3. The lowest BCUT2D eigenvalue weighted by atomic mass is 10.1. The molecule has 0 saturated heterocycles. The Hall–Kier alpha value is -4.44. The van der Waals surface area contributed by atoms with Gasteiger partial charge in [-0.25, -0.2) is 19.1 Å². The summed E-state index contributed by atoms with van der Waals surface area (Å²) in [6.07, 6.45) is 0. The van der Waals surface area contributed by atoms with Crippen molar-refractivity contribution in [1.29, 1.82) is 0 Å². The third-order valence-corrected chi connectivity index (χ3v) is 6.11. The summed E-state index contributed by atoms with van der Waals surface area (Å²) in [4.78, 5) is 37.5. The SMILES string of the molecule is CCOC(=O)c1ccc(Oc2ccc(-c3nn(-c4ccccc4)c(C(=O)OC)c3C(=O)OC)c(Br)c2)cc1. The summed E-state index contributed by atoms with van der Waals surface area (Å²) in [5, 5.41) is 4.60. The minimum absolute atomic E-state index is 0.0351. The number of ether oxygens (including phenoxy) is 4. The van der Waals surface area contributed by atoms with Crippen LogP contribution >= 0.6 is 15.9 Å². The van der Waals surface area contributed by atoms with E-state index < -0.39 is 17.9 Å². The number of benzene rings is 3. The van der Waals surface area contributed by atoms with Crippen LogP contribution in [0.15, 0.2) is 77.3 Å². The normalized spacial score (nSPS) is 10.5. The van der Waals surface area contributed by atoms with Crippen molar-refractivity contribution in [3.63, 3.8) is 0 Å². The molecule has 0 aliphatic carbocycles. The zero-order valence-electron chi connectivity index (χ0n) is 20.8. The first-order chi connectivity index (χ1) is 18.4. The first-order valence-corrected chi connectivity index (χ1v) is 12.3. The number of para-hydroxylation sites is 1. The second-order valence-electron chi connectivity index (χ2n) is 7.79. The van der Waals surface area contributed by atoms with E-state index in [0.717, 1.165) is 0 Å². The number of aromatic nitrogens is 2. The zero-order chi connectivity index (χ0) is 27.2. The minimum atomic E-state index is -0.740. The average Bonchev–Trinajstić information content (AvgIpc) is 3.33. The Morgan fingerprint density at radius 3 is 2.11 bits per heavy atom. The van der Waals surface area contributed by atoms with E-state index in [1.807, 2.05) is 6.07 Å². The van der Waals surface area contributed by atoms with Gasteiger partial charge in [0.2, 0.25) is 0 Å². The third-order valence-electron chi connectivity index (χ3n) is 5.45. The Morgan fingerprint density at radius 2 is 1.50 bits per heavy atom. The molecule has 0 radical (unpaired) electrons. The maximum Gasteiger partial charge on any atom is 0.357 e. The van der Waals surface area contributed by atoms with E-state index in [0.29, 0.717) is 39.4 Å². The largest absolute Gasteiger partial charge is 0.465 e. The number of rotatable bonds is 8. The van der Waals surface area contributed by atoms with Gasteiger partial charge in [0.15, 0.2) is 5.69 Å². The smallest absolute Gasteiger partial charge is 0.357 e. The Kier molecular flexibility index (Phi) is 8.22. The van der Waals surface area contributed by atoms with Crippen LogP contribution in [0.4, 0.5) is 0 Å². The quantitative estimate of drug-likeness (QED) is 0.189. The van der Waals surface area contributed by atoms with Gasteiger partial charge in [-0.05, 0) is 77.5 Å². The standard InChI is InChI=1S/C28H23BrN2O7/c1-4-37-26(32)17-10-12-19(13-11-17)38-20-14-15-21(22(29)16-20)24-23(27(33)35-2)25(28(34)36-3)31(30-24)18-8-6-5-7-9-18/h5-16H,4H2,1-3H3. The molecule has 9 nitrogen and oxygen atoms in total. The lowest BCUT2D eigenvalue weighted by molar-refractivity contribution is 0.0525. The van der Waals surface area contributed by atoms with E-state index in [1.54, 1.807) is 73.7 Å². The van der Waals surface area contributed by atoms with E-state index >= 15 is 0 Å². The number of hydrogen-bond donors (Lipinski definition) is 0. The third kappa shape index (κ3) is 5.45. The molecule has 0 N–H and O–H groups in total. The monoisotopic (exact) mass is 578 g/mol. The molecule has 0 fully saturated rings. The minimum Gasteiger partial charge on any atom is -0.465 e. The molecular weight excluding hydrogens is 556 g/mol. The molecule has 1 heterocycles. The molecule has 0 aliphatic rings. The van der Waals surface area contributed by atoms with Gasteiger partial charge in [0.1, 0.15) is 22.8 Å². The molecule has 0 atom stereocenters. The number of halogens is 1. The number of nitrogens with zero attached hydrogens (tertiary/aromatic N) is 2. The molecule has 4 aromatic rings. The molecule has 3 aromatic carbocycles. The van der Waals surface area contributed by atoms with E-state index in [2.05, 4.69) is 21.0 Å². The Balaban J connectivity index is 1.74. The molecular formula is C28H23BrN2O7. The molecule has 38 heavy (non-hydrogen) atoms. The van der Waals surface area contributed by atoms with Crippen LogP contribution in [0.5, 0.6) is 11.5 Å². The van der Waals surface area contributed by atoms with Crippen molar-refractivity contribution in [2.24, 2.45) is 0 Å². The van der Waals surface area contributed by atoms with Crippen LogP contribution in [-0.4, -0.2) is 48.5 Å². The van der Waals surface area contributed by atoms with Gasteiger partial charge in [0, 0.05) is 10.0 Å². The number of carbonyl (C=O) groups excluding carboxylic acids is 3. The molecule has 0 spiro atoms. The highest BCUT2D eigenvalue weighted by Crippen LogP contribution is 2.36. The van der Waals surface area contributed by atoms with Crippen LogP contribution in [0.25, 0.3) is 16.9 Å². The summed E-state index contributed by atoms with van der Waals surface area (Å²) in [6, 6.07) is 20.6. The first kappa shape index (κ1) is 26.6. The first-order valence-electron chi connectivity index (χ1n) is 11.5. The van der Waals surface area contributed by atoms with Gasteiger partial charge < -0.3 is 18.9 Å². The van der Waals surface area contributed by atoms with E-state index in [-0.39, 0.29) is 17.0 Å². The second-order valence-corrected chi connectivity index (χ2v) is 8.65. The van der Waals surface area contributed by atoms with Crippen LogP contribution < -0.4 is 4.74 Å². The molecule has 194 valence electrons. The van der Waals surface area contributed by atoms with E-state index in [4.69, 9.17) is 18.9 Å². The molecule has 0 saturated carbocycles. The van der Waals surface area contributed by atoms with Gasteiger partial charge in [-0.15, -0.1) is 0 Å². The summed E-state index contributed by atoms with van der Waals surface area (Å²) < 4.78 is 22.8. The molecule has 0 aliphatic heterocycles. The lowest BCUT2D eigenvalue weighted by Gasteiger charge is -2.10. The molecule has 0 bridgehead atoms. The average molecular weight is 579 g/mol. The lowest BCUT2D eigenvalue weighted by Crippen LogP contribution is -2.15. The Morgan fingerprint density at radius 1 is 0.842 bits per heavy atom. The fourth-order valence-corrected chi connectivity index (χ4v) is 4.25. The summed E-state index contributed by atoms with van der Waals surface area (Å²) in [7, 11) is 2.46. The van der Waals surface area contributed by atoms with Crippen LogP contribution in [0.2, 0.25) is 0 Å². The van der Waals surface area contributed by atoms with Crippen LogP contribution in [0.1, 0.15) is 38.1 Å². The van der Waals surface area contributed by atoms with Crippen molar-refractivity contribution in [3.05, 3.63) is 94.1 Å². The number of methoxy groups -OCH3 is 2. The molecule has 4 rings (SSSR count). The highest BCUT2D eigenvalue weighted by atomic mass is 79.9. The van der Waals surface area contributed by atoms with Gasteiger partial charge in [0.25, 0.3) is 0 Å². The summed E-state index contributed by atoms with van der Waals surface area (Å²) in [5.41, 5.74) is 1.63. The van der Waals surface area contributed by atoms with Gasteiger partial charge in [-0.2, -0.15) is 5.10 Å². The highest BCUT2D eigenvalue weighted by Gasteiger charge is 2.32. The molecule has 0 amide bonds. The molecule has 10 heteroatoms. The van der Waals surface area contributed by atoms with Crippen molar-refractivity contribution in [2.75, 3.05) is 20.8 Å². The van der Waals surface area contributed by atoms with Crippen molar-refractivity contribution >= 4 is 33.8 Å². The maximum absolute atomic E-state index is 12.9. The van der Waals surface area contributed by atoms with Crippen molar-refractivity contribution in [3.8, 4) is 28.4 Å². The van der Waals surface area contributed by atoms with E-state index in [1.165, 1.54) is 18.9 Å². The van der Waals surface area contributed by atoms with Gasteiger partial charge in [0.05, 0.1) is 32.1 Å². The predicted octanol–water partition coefficient (Wildman–Crippen LogP) is 5.84. The molecule has 0 unspecified atom stereocenters. The zero-order valence-corrected chi connectivity index (χ0v) is 22.4. The maximum atomic E-state index is 12.9. The number of carbonyl (C=O) groups is 3. The van der Waals surface area contributed by atoms with Gasteiger partial charge in [-0.3, -0.25) is 0 Å². The topological polar surface area (TPSA) is 106 Å². The second kappa shape index (κ2) is 11.7. The fraction of sp³-hybridized carbons (Fsp3) is 0.143. The van der Waals surface area contributed by atoms with Crippen molar-refractivity contribution < 1.29 is 33.3 Å². The predicted molar refractivity (Wildman–Crippen MR) is 142 cm³/mol. The Bertz CT molecular complexity index is 1480. The summed E-state index contributed by atoms with van der Waals surface area (Å²) in [5.74, 6) is -0.894. The Labute approximate surface area is 227 Å². The molecule has 1 aromatic heterocycles. The van der Waals surface area contributed by atoms with Crippen LogP contribution in [0.3, 0.4) is 0 Å². The highest BCUT2D eigenvalue weighted by molar-refractivity contribution is 9.10. The van der Waals surface area contributed by atoms with E-state index in [9.17, 15) is 14.4 Å². The summed E-state index contributed by atoms with van der Waals surface area (Å²) >= 11 is 3.54. The van der Waals surface area contributed by atoms with Crippen molar-refractivity contribution in [2.45, 2.75) is 6.92 Å². The fourth-order valence-electron chi connectivity index (χ4n) is 3.70. The number of hydrogen-bond acceptors (Lipinski definition) is 8. The van der Waals surface area contributed by atoms with Crippen LogP contribution in [0, 0.1) is 0 Å². The van der Waals surface area contributed by atoms with Gasteiger partial charge in [-0.1, -0.05) is 18.2 Å². The van der Waals surface area contributed by atoms with Gasteiger partial charge >= 0.3 is 17.9 Å². The van der Waals surface area contributed by atoms with Crippen molar-refractivity contribution in [1.82, 2.24) is 9.78 Å². The van der Waals surface area contributed by atoms with Crippen LogP contribution in [-0.2, 0) is 14.2 Å². The summed E-state index contributed by atoms with van der Waals surface area (Å²) in [6.45, 7) is 2.03.